The van der Waals surface area contributed by atoms with Crippen LogP contribution in [-0.4, -0.2) is 27.6 Å². The van der Waals surface area contributed by atoms with Gasteiger partial charge in [-0.05, 0) is 12.1 Å². The molecular formula is C10H10N4O. The smallest absolute Gasteiger partial charge is 0.281 e. The van der Waals surface area contributed by atoms with Crippen molar-refractivity contribution in [1.29, 1.82) is 0 Å². The largest absolute Gasteiger partial charge is 0.334 e. The van der Waals surface area contributed by atoms with Crippen molar-refractivity contribution in [1.82, 2.24) is 14.5 Å². The molecule has 2 rings (SSSR count). The lowest BCUT2D eigenvalue weighted by Crippen LogP contribution is -2.30. The Bertz CT molecular complexity index is 438. The van der Waals surface area contributed by atoms with Gasteiger partial charge in [-0.25, -0.2) is 14.8 Å². The zero-order valence-corrected chi connectivity index (χ0v) is 8.24. The number of nitrogens with zero attached hydrogens (tertiary/aromatic N) is 4. The number of carbonyl (C=O) groups is 1. The number of hydrogen-bond acceptors (Lipinski definition) is 3. The Morgan fingerprint density at radius 1 is 1.40 bits per heavy atom. The van der Waals surface area contributed by atoms with Gasteiger partial charge in [0.05, 0.1) is 0 Å². The van der Waals surface area contributed by atoms with E-state index < -0.39 is 0 Å². The van der Waals surface area contributed by atoms with Crippen molar-refractivity contribution in [3.05, 3.63) is 43.1 Å². The molecule has 0 unspecified atom stereocenters. The minimum atomic E-state index is -0.189. The Hall–Kier alpha value is -2.17. The van der Waals surface area contributed by atoms with Crippen LogP contribution in [0.2, 0.25) is 0 Å². The molecule has 0 aliphatic rings. The predicted octanol–water partition coefficient (Wildman–Crippen LogP) is 1.38. The van der Waals surface area contributed by atoms with Gasteiger partial charge in [-0.2, -0.15) is 0 Å². The second-order valence-electron chi connectivity index (χ2n) is 3.00. The number of hydrogen-bond donors (Lipinski definition) is 0. The second-order valence-corrected chi connectivity index (χ2v) is 3.00. The van der Waals surface area contributed by atoms with Gasteiger partial charge in [0.25, 0.3) is 0 Å². The Kier molecular flexibility index (Phi) is 2.45. The van der Waals surface area contributed by atoms with Gasteiger partial charge < -0.3 is 0 Å². The minimum absolute atomic E-state index is 0.189. The highest BCUT2D eigenvalue weighted by Crippen LogP contribution is 2.08. The fourth-order valence-corrected chi connectivity index (χ4v) is 1.20. The average molecular weight is 202 g/mol. The van der Waals surface area contributed by atoms with Gasteiger partial charge in [-0.15, -0.1) is 0 Å². The molecule has 0 aliphatic carbocycles. The molecule has 76 valence electrons. The van der Waals surface area contributed by atoms with Gasteiger partial charge in [0.15, 0.2) is 0 Å². The summed E-state index contributed by atoms with van der Waals surface area (Å²) in [5.74, 6) is 0.608. The Labute approximate surface area is 87.0 Å². The van der Waals surface area contributed by atoms with E-state index in [4.69, 9.17) is 0 Å². The summed E-state index contributed by atoms with van der Waals surface area (Å²) in [5.41, 5.74) is 0. The SMILES string of the molecule is CN(C(=O)n1ccnc1)c1ccccn1. The van der Waals surface area contributed by atoms with Gasteiger partial charge in [-0.3, -0.25) is 9.47 Å². The van der Waals surface area contributed by atoms with Crippen LogP contribution in [0.4, 0.5) is 10.6 Å². The molecule has 0 atom stereocenters. The highest BCUT2D eigenvalue weighted by Gasteiger charge is 2.12. The first-order valence-corrected chi connectivity index (χ1v) is 4.46. The molecule has 0 radical (unpaired) electrons. The molecule has 2 aromatic heterocycles. The zero-order chi connectivity index (χ0) is 10.7. The molecule has 0 saturated carbocycles. The standard InChI is InChI=1S/C10H10N4O/c1-13(9-4-2-3-5-12-9)10(15)14-7-6-11-8-14/h2-8H,1H3. The second kappa shape index (κ2) is 3.91. The molecule has 5 heteroatoms. The average Bonchev–Trinajstić information content (AvgIpc) is 2.82. The first-order valence-electron chi connectivity index (χ1n) is 4.46. The highest BCUT2D eigenvalue weighted by atomic mass is 16.2. The van der Waals surface area contributed by atoms with Crippen molar-refractivity contribution in [3.63, 3.8) is 0 Å². The maximum Gasteiger partial charge on any atom is 0.334 e. The van der Waals surface area contributed by atoms with E-state index in [2.05, 4.69) is 9.97 Å². The molecule has 0 saturated heterocycles. The molecule has 5 nitrogen and oxygen atoms in total. The minimum Gasteiger partial charge on any atom is -0.281 e. The lowest BCUT2D eigenvalue weighted by Gasteiger charge is -2.15. The van der Waals surface area contributed by atoms with Crippen LogP contribution >= 0.6 is 0 Å². The Balaban J connectivity index is 2.23. The van der Waals surface area contributed by atoms with Crippen molar-refractivity contribution in [2.24, 2.45) is 0 Å². The lowest BCUT2D eigenvalue weighted by atomic mass is 10.4. The molecule has 0 N–H and O–H groups in total. The highest BCUT2D eigenvalue weighted by molar-refractivity contribution is 5.91. The van der Waals surface area contributed by atoms with Gasteiger partial charge in [0.1, 0.15) is 12.1 Å². The molecule has 0 fully saturated rings. The van der Waals surface area contributed by atoms with Crippen LogP contribution in [-0.2, 0) is 0 Å². The maximum atomic E-state index is 11.8. The van der Waals surface area contributed by atoms with Crippen LogP contribution in [0.5, 0.6) is 0 Å². The third kappa shape index (κ3) is 1.85. The van der Waals surface area contributed by atoms with Gasteiger partial charge >= 0.3 is 6.03 Å². The number of anilines is 1. The van der Waals surface area contributed by atoms with Crippen molar-refractivity contribution in [2.75, 3.05) is 11.9 Å². The zero-order valence-electron chi connectivity index (χ0n) is 8.24. The van der Waals surface area contributed by atoms with E-state index in [9.17, 15) is 4.79 Å². The topological polar surface area (TPSA) is 51.0 Å². The summed E-state index contributed by atoms with van der Waals surface area (Å²) < 4.78 is 1.40. The van der Waals surface area contributed by atoms with Crippen molar-refractivity contribution < 1.29 is 4.79 Å². The summed E-state index contributed by atoms with van der Waals surface area (Å²) in [6.45, 7) is 0. The van der Waals surface area contributed by atoms with Crippen molar-refractivity contribution in [2.45, 2.75) is 0 Å². The number of aromatic nitrogens is 3. The Morgan fingerprint density at radius 2 is 2.27 bits per heavy atom. The van der Waals surface area contributed by atoms with Gasteiger partial charge in [0, 0.05) is 25.6 Å². The summed E-state index contributed by atoms with van der Waals surface area (Å²) in [6.07, 6.45) is 6.26. The molecule has 0 bridgehead atoms. The van der Waals surface area contributed by atoms with E-state index in [1.807, 2.05) is 6.07 Å². The van der Waals surface area contributed by atoms with Crippen LogP contribution < -0.4 is 4.90 Å². The molecule has 0 aromatic carbocycles. The van der Waals surface area contributed by atoms with Gasteiger partial charge in [-0.1, -0.05) is 6.07 Å². The van der Waals surface area contributed by atoms with Crippen LogP contribution in [0.3, 0.4) is 0 Å². The van der Waals surface area contributed by atoms with Crippen LogP contribution in [0.25, 0.3) is 0 Å². The van der Waals surface area contributed by atoms with E-state index in [0.29, 0.717) is 5.82 Å². The Morgan fingerprint density at radius 3 is 2.87 bits per heavy atom. The number of pyridine rings is 1. The van der Waals surface area contributed by atoms with Gasteiger partial charge in [0.2, 0.25) is 0 Å². The van der Waals surface area contributed by atoms with Crippen molar-refractivity contribution in [3.8, 4) is 0 Å². The number of amides is 1. The summed E-state index contributed by atoms with van der Waals surface area (Å²) in [4.78, 5) is 21.2. The summed E-state index contributed by atoms with van der Waals surface area (Å²) in [6, 6.07) is 5.22. The first kappa shape index (κ1) is 9.39. The molecule has 0 aliphatic heterocycles. The first-order chi connectivity index (χ1) is 7.29. The lowest BCUT2D eigenvalue weighted by molar-refractivity contribution is 0.248. The molecule has 0 spiro atoms. The maximum absolute atomic E-state index is 11.8. The number of imidazole rings is 1. The molecule has 2 heterocycles. The van der Waals surface area contributed by atoms with Crippen LogP contribution in [0.1, 0.15) is 0 Å². The van der Waals surface area contributed by atoms with E-state index in [0.717, 1.165) is 0 Å². The predicted molar refractivity (Wildman–Crippen MR) is 55.7 cm³/mol. The molecule has 15 heavy (non-hydrogen) atoms. The fourth-order valence-electron chi connectivity index (χ4n) is 1.20. The van der Waals surface area contributed by atoms with Crippen LogP contribution in [0.15, 0.2) is 43.1 Å². The van der Waals surface area contributed by atoms with E-state index in [-0.39, 0.29) is 6.03 Å². The number of rotatable bonds is 1. The normalized spacial score (nSPS) is 9.93. The summed E-state index contributed by atoms with van der Waals surface area (Å²) >= 11 is 0. The van der Waals surface area contributed by atoms with E-state index in [1.165, 1.54) is 15.8 Å². The molecular weight excluding hydrogens is 192 g/mol. The molecule has 1 amide bonds. The van der Waals surface area contributed by atoms with Crippen LogP contribution in [0, 0.1) is 0 Å². The quantitative estimate of drug-likeness (QED) is 0.702. The molecule has 2 aromatic rings. The summed E-state index contributed by atoms with van der Waals surface area (Å²) in [7, 11) is 1.67. The number of carbonyl (C=O) groups excluding carboxylic acids is 1. The fraction of sp³-hybridized carbons (Fsp3) is 0.100. The summed E-state index contributed by atoms with van der Waals surface area (Å²) in [5, 5.41) is 0. The van der Waals surface area contributed by atoms with Crippen molar-refractivity contribution >= 4 is 11.8 Å². The third-order valence-electron chi connectivity index (χ3n) is 2.01. The monoisotopic (exact) mass is 202 g/mol. The third-order valence-corrected chi connectivity index (χ3v) is 2.01. The van der Waals surface area contributed by atoms with E-state index in [1.54, 1.807) is 37.8 Å². The van der Waals surface area contributed by atoms with E-state index >= 15 is 0 Å².